The lowest BCUT2D eigenvalue weighted by molar-refractivity contribution is -0.144. The predicted octanol–water partition coefficient (Wildman–Crippen LogP) is 3.16. The van der Waals surface area contributed by atoms with Gasteiger partial charge in [-0.2, -0.15) is 0 Å². The van der Waals surface area contributed by atoms with Crippen LogP contribution < -0.4 is 0 Å². The van der Waals surface area contributed by atoms with Crippen molar-refractivity contribution < 1.29 is 9.53 Å². The first-order chi connectivity index (χ1) is 6.76. The Morgan fingerprint density at radius 3 is 2.21 bits per heavy atom. The fraction of sp³-hybridized carbons (Fsp3) is 0.917. The van der Waals surface area contributed by atoms with Crippen molar-refractivity contribution in [2.24, 2.45) is 11.8 Å². The van der Waals surface area contributed by atoms with Crippen molar-refractivity contribution >= 4 is 5.97 Å². The van der Waals surface area contributed by atoms with Gasteiger partial charge >= 0.3 is 5.97 Å². The Hall–Kier alpha value is -0.530. The molecule has 14 heavy (non-hydrogen) atoms. The molecular weight excluding hydrogens is 176 g/mol. The van der Waals surface area contributed by atoms with E-state index in [0.29, 0.717) is 18.9 Å². The summed E-state index contributed by atoms with van der Waals surface area (Å²) in [6.07, 6.45) is 6.99. The number of rotatable bonds is 4. The van der Waals surface area contributed by atoms with Gasteiger partial charge in [-0.25, -0.2) is 0 Å². The molecule has 0 atom stereocenters. The zero-order valence-corrected chi connectivity index (χ0v) is 9.42. The van der Waals surface area contributed by atoms with Crippen LogP contribution in [0.1, 0.15) is 52.4 Å². The Balaban J connectivity index is 2.18. The SMILES string of the molecule is CCOC(=O)C[C@H]1CC[C@H](CC)CC1. The summed E-state index contributed by atoms with van der Waals surface area (Å²) in [5.41, 5.74) is 0. The van der Waals surface area contributed by atoms with E-state index < -0.39 is 0 Å². The smallest absolute Gasteiger partial charge is 0.306 e. The molecule has 82 valence electrons. The van der Waals surface area contributed by atoms with E-state index in [1.165, 1.54) is 32.1 Å². The van der Waals surface area contributed by atoms with E-state index in [1.807, 2.05) is 6.92 Å². The van der Waals surface area contributed by atoms with Crippen LogP contribution in [0.3, 0.4) is 0 Å². The summed E-state index contributed by atoms with van der Waals surface area (Å²) in [7, 11) is 0. The third-order valence-corrected chi connectivity index (χ3v) is 3.30. The predicted molar refractivity (Wildman–Crippen MR) is 57.0 cm³/mol. The molecule has 0 amide bonds. The van der Waals surface area contributed by atoms with Crippen LogP contribution in [0.4, 0.5) is 0 Å². The monoisotopic (exact) mass is 198 g/mol. The van der Waals surface area contributed by atoms with Crippen LogP contribution in [0.5, 0.6) is 0 Å². The summed E-state index contributed by atoms with van der Waals surface area (Å²) in [6.45, 7) is 4.64. The third-order valence-electron chi connectivity index (χ3n) is 3.30. The van der Waals surface area contributed by atoms with E-state index in [9.17, 15) is 4.79 Å². The van der Waals surface area contributed by atoms with Crippen molar-refractivity contribution in [3.05, 3.63) is 0 Å². The Kier molecular flexibility index (Phi) is 4.99. The van der Waals surface area contributed by atoms with Crippen LogP contribution >= 0.6 is 0 Å². The number of esters is 1. The largest absolute Gasteiger partial charge is 0.466 e. The quantitative estimate of drug-likeness (QED) is 0.649. The average Bonchev–Trinajstić information content (AvgIpc) is 2.19. The number of hydrogen-bond acceptors (Lipinski definition) is 2. The Bertz CT molecular complexity index is 169. The molecule has 0 aliphatic heterocycles. The average molecular weight is 198 g/mol. The second kappa shape index (κ2) is 6.05. The van der Waals surface area contributed by atoms with Gasteiger partial charge in [0.2, 0.25) is 0 Å². The van der Waals surface area contributed by atoms with Crippen molar-refractivity contribution in [3.63, 3.8) is 0 Å². The van der Waals surface area contributed by atoms with E-state index >= 15 is 0 Å². The van der Waals surface area contributed by atoms with Crippen molar-refractivity contribution in [1.82, 2.24) is 0 Å². The highest BCUT2D eigenvalue weighted by molar-refractivity contribution is 5.69. The Morgan fingerprint density at radius 2 is 1.71 bits per heavy atom. The molecule has 0 bridgehead atoms. The van der Waals surface area contributed by atoms with Gasteiger partial charge in [-0.15, -0.1) is 0 Å². The highest BCUT2D eigenvalue weighted by atomic mass is 16.5. The highest BCUT2D eigenvalue weighted by Crippen LogP contribution is 2.32. The van der Waals surface area contributed by atoms with Crippen LogP contribution in [-0.2, 0) is 9.53 Å². The second-order valence-corrected chi connectivity index (χ2v) is 4.30. The molecule has 0 saturated heterocycles. The first-order valence-electron chi connectivity index (χ1n) is 5.91. The summed E-state index contributed by atoms with van der Waals surface area (Å²) < 4.78 is 4.96. The topological polar surface area (TPSA) is 26.3 Å². The second-order valence-electron chi connectivity index (χ2n) is 4.30. The highest BCUT2D eigenvalue weighted by Gasteiger charge is 2.22. The summed E-state index contributed by atoms with van der Waals surface area (Å²) in [5, 5.41) is 0. The third kappa shape index (κ3) is 3.69. The fourth-order valence-electron chi connectivity index (χ4n) is 2.30. The van der Waals surface area contributed by atoms with Gasteiger partial charge in [0.15, 0.2) is 0 Å². The van der Waals surface area contributed by atoms with Gasteiger partial charge in [0.1, 0.15) is 0 Å². The van der Waals surface area contributed by atoms with E-state index in [-0.39, 0.29) is 5.97 Å². The molecule has 0 heterocycles. The van der Waals surface area contributed by atoms with Gasteiger partial charge in [0, 0.05) is 6.42 Å². The number of hydrogen-bond donors (Lipinski definition) is 0. The maximum atomic E-state index is 11.2. The lowest BCUT2D eigenvalue weighted by Crippen LogP contribution is -2.18. The Morgan fingerprint density at radius 1 is 1.14 bits per heavy atom. The van der Waals surface area contributed by atoms with E-state index in [2.05, 4.69) is 6.92 Å². The zero-order chi connectivity index (χ0) is 10.4. The molecule has 1 aliphatic carbocycles. The maximum absolute atomic E-state index is 11.2. The van der Waals surface area contributed by atoms with Crippen LogP contribution in [0.25, 0.3) is 0 Å². The van der Waals surface area contributed by atoms with Crippen molar-refractivity contribution in [3.8, 4) is 0 Å². The molecule has 0 spiro atoms. The summed E-state index contributed by atoms with van der Waals surface area (Å²) in [5.74, 6) is 1.50. The van der Waals surface area contributed by atoms with Gasteiger partial charge in [-0.1, -0.05) is 26.2 Å². The van der Waals surface area contributed by atoms with Gasteiger partial charge in [-0.3, -0.25) is 4.79 Å². The van der Waals surface area contributed by atoms with Crippen LogP contribution in [0.2, 0.25) is 0 Å². The summed E-state index contributed by atoms with van der Waals surface area (Å²) >= 11 is 0. The van der Waals surface area contributed by atoms with Crippen LogP contribution in [0.15, 0.2) is 0 Å². The van der Waals surface area contributed by atoms with Gasteiger partial charge < -0.3 is 4.74 Å². The minimum atomic E-state index is -0.00699. The van der Waals surface area contributed by atoms with Crippen molar-refractivity contribution in [2.75, 3.05) is 6.61 Å². The molecule has 1 rings (SSSR count). The molecule has 0 aromatic heterocycles. The van der Waals surface area contributed by atoms with Gasteiger partial charge in [0.05, 0.1) is 6.61 Å². The minimum absolute atomic E-state index is 0.00699. The Labute approximate surface area is 87.0 Å². The lowest BCUT2D eigenvalue weighted by atomic mass is 9.79. The molecule has 2 nitrogen and oxygen atoms in total. The molecule has 1 saturated carbocycles. The molecular formula is C12H22O2. The summed E-state index contributed by atoms with van der Waals surface area (Å²) in [6, 6.07) is 0. The molecule has 0 unspecified atom stereocenters. The van der Waals surface area contributed by atoms with E-state index in [1.54, 1.807) is 0 Å². The molecule has 2 heteroatoms. The fourth-order valence-corrected chi connectivity index (χ4v) is 2.30. The number of carbonyl (C=O) groups excluding carboxylic acids is 1. The van der Waals surface area contributed by atoms with Crippen molar-refractivity contribution in [2.45, 2.75) is 52.4 Å². The van der Waals surface area contributed by atoms with E-state index in [0.717, 1.165) is 5.92 Å². The molecule has 1 aliphatic rings. The molecule has 1 fully saturated rings. The molecule has 0 aromatic rings. The van der Waals surface area contributed by atoms with Gasteiger partial charge in [0.25, 0.3) is 0 Å². The standard InChI is InChI=1S/C12H22O2/c1-3-10-5-7-11(8-6-10)9-12(13)14-4-2/h10-11H,3-9H2,1-2H3/t10-,11-. The minimum Gasteiger partial charge on any atom is -0.466 e. The van der Waals surface area contributed by atoms with E-state index in [4.69, 9.17) is 4.74 Å². The van der Waals surface area contributed by atoms with Gasteiger partial charge in [-0.05, 0) is 31.6 Å². The van der Waals surface area contributed by atoms with Crippen LogP contribution in [-0.4, -0.2) is 12.6 Å². The van der Waals surface area contributed by atoms with Crippen LogP contribution in [0, 0.1) is 11.8 Å². The van der Waals surface area contributed by atoms with Crippen molar-refractivity contribution in [1.29, 1.82) is 0 Å². The maximum Gasteiger partial charge on any atom is 0.306 e. The molecule has 0 radical (unpaired) electrons. The zero-order valence-electron chi connectivity index (χ0n) is 9.42. The molecule has 0 N–H and O–H groups in total. The first kappa shape index (κ1) is 11.5. The first-order valence-corrected chi connectivity index (χ1v) is 5.91. The normalized spacial score (nSPS) is 27.3. The lowest BCUT2D eigenvalue weighted by Gasteiger charge is -2.26. The molecule has 0 aromatic carbocycles. The summed E-state index contributed by atoms with van der Waals surface area (Å²) in [4.78, 5) is 11.2. The number of ether oxygens (including phenoxy) is 1. The number of carbonyl (C=O) groups is 1.